The Kier molecular flexibility index (Phi) is 6.36. The first-order valence-corrected chi connectivity index (χ1v) is 12.2. The van der Waals surface area contributed by atoms with Crippen LogP contribution < -0.4 is 0 Å². The Labute approximate surface area is 199 Å². The number of carboxylic acid groups (broad SMARTS) is 1. The van der Waals surface area contributed by atoms with Crippen molar-refractivity contribution in [1.29, 1.82) is 0 Å². The summed E-state index contributed by atoms with van der Waals surface area (Å²) in [6.07, 6.45) is 6.94. The molecule has 8 heteroatoms. The van der Waals surface area contributed by atoms with Crippen molar-refractivity contribution in [3.8, 4) is 0 Å². The van der Waals surface area contributed by atoms with Crippen LogP contribution in [0, 0.1) is 28.6 Å². The molecule has 7 atom stereocenters. The van der Waals surface area contributed by atoms with Gasteiger partial charge in [-0.2, -0.15) is 0 Å². The fourth-order valence-corrected chi connectivity index (χ4v) is 7.51. The maximum Gasteiger partial charge on any atom is 0.306 e. The number of hydrogen-bond acceptors (Lipinski definition) is 7. The number of rotatable bonds is 7. The summed E-state index contributed by atoms with van der Waals surface area (Å²) in [5.41, 5.74) is -1.94. The number of carboxylic acids is 1. The number of aliphatic hydroxyl groups is 2. The summed E-state index contributed by atoms with van der Waals surface area (Å²) in [5, 5.41) is 31.6. The highest BCUT2D eigenvalue weighted by molar-refractivity contribution is 6.01. The minimum absolute atomic E-state index is 0.0190. The molecular formula is C26H34O8. The Hall–Kier alpha value is -2.32. The number of carbonyl (C=O) groups excluding carboxylic acids is 3. The van der Waals surface area contributed by atoms with Crippen LogP contribution in [0.3, 0.4) is 0 Å². The number of Topliss-reactive ketones (excluding diaryl/α,β-unsaturated/α-hetero) is 1. The molecule has 0 saturated heterocycles. The molecule has 0 bridgehead atoms. The number of hydrogen-bond donors (Lipinski definition) is 3. The summed E-state index contributed by atoms with van der Waals surface area (Å²) in [6, 6.07) is 0. The van der Waals surface area contributed by atoms with Crippen LogP contribution in [-0.2, 0) is 23.9 Å². The fraction of sp³-hybridized carbons (Fsp3) is 0.692. The van der Waals surface area contributed by atoms with Crippen LogP contribution in [0.1, 0.15) is 65.2 Å². The fourth-order valence-electron chi connectivity index (χ4n) is 7.51. The van der Waals surface area contributed by atoms with Crippen molar-refractivity contribution in [2.24, 2.45) is 28.6 Å². The van der Waals surface area contributed by atoms with E-state index < -0.39 is 46.9 Å². The number of ketones is 2. The van der Waals surface area contributed by atoms with E-state index in [4.69, 9.17) is 9.84 Å². The van der Waals surface area contributed by atoms with Gasteiger partial charge in [0, 0.05) is 29.6 Å². The van der Waals surface area contributed by atoms with Gasteiger partial charge in [0.25, 0.3) is 0 Å². The standard InChI is InChI=1S/C26H34O8/c1-24-10-8-16(27)12-15(24)6-7-17-18-9-11-26(33,25(18,2)13-19(28)23(17)24)20(29)14-34-22(32)5-3-4-21(30)31/h8,10,12,17-19,23,28,33H,3-7,9,11,13-14H2,1-2H3,(H,30,31)/t17-,18-,19-,23+,24-,25-,26-/m0/s1. The predicted molar refractivity (Wildman–Crippen MR) is 120 cm³/mol. The SMILES string of the molecule is C[C@]12C=CC(=O)C=C1CC[C@@H]1[C@@H]2[C@@H](O)C[C@@]2(C)[C@H]1CC[C@]2(O)C(=O)COC(=O)CCCC(=O)O. The van der Waals surface area contributed by atoms with Crippen LogP contribution >= 0.6 is 0 Å². The quantitative estimate of drug-likeness (QED) is 0.478. The Bertz CT molecular complexity index is 966. The van der Waals surface area contributed by atoms with E-state index in [2.05, 4.69) is 6.92 Å². The van der Waals surface area contributed by atoms with Crippen molar-refractivity contribution in [3.63, 3.8) is 0 Å². The number of ether oxygens (including phenoxy) is 1. The zero-order valence-corrected chi connectivity index (χ0v) is 19.8. The van der Waals surface area contributed by atoms with E-state index in [1.165, 1.54) is 0 Å². The molecule has 4 aliphatic rings. The van der Waals surface area contributed by atoms with Crippen molar-refractivity contribution in [1.82, 2.24) is 0 Å². The van der Waals surface area contributed by atoms with E-state index >= 15 is 0 Å². The molecule has 3 saturated carbocycles. The smallest absolute Gasteiger partial charge is 0.306 e. The predicted octanol–water partition coefficient (Wildman–Crippen LogP) is 2.36. The van der Waals surface area contributed by atoms with Crippen molar-refractivity contribution < 1.29 is 39.2 Å². The Morgan fingerprint density at radius 2 is 1.91 bits per heavy atom. The van der Waals surface area contributed by atoms with Crippen molar-refractivity contribution in [2.45, 2.75) is 76.9 Å². The minimum Gasteiger partial charge on any atom is -0.481 e. The molecule has 0 heterocycles. The zero-order chi connectivity index (χ0) is 24.9. The molecule has 0 radical (unpaired) electrons. The molecule has 0 amide bonds. The number of esters is 1. The van der Waals surface area contributed by atoms with Gasteiger partial charge in [-0.05, 0) is 62.5 Å². The number of carbonyl (C=O) groups is 4. The van der Waals surface area contributed by atoms with Crippen LogP contribution in [0.2, 0.25) is 0 Å². The molecule has 186 valence electrons. The van der Waals surface area contributed by atoms with Gasteiger partial charge in [-0.25, -0.2) is 0 Å². The molecule has 8 nitrogen and oxygen atoms in total. The molecule has 0 aromatic heterocycles. The van der Waals surface area contributed by atoms with Crippen LogP contribution in [0.25, 0.3) is 0 Å². The average molecular weight is 475 g/mol. The third-order valence-corrected chi connectivity index (χ3v) is 9.24. The van der Waals surface area contributed by atoms with Gasteiger partial charge in [0.2, 0.25) is 5.78 Å². The van der Waals surface area contributed by atoms with Crippen molar-refractivity contribution in [3.05, 3.63) is 23.8 Å². The van der Waals surface area contributed by atoms with E-state index in [9.17, 15) is 29.4 Å². The van der Waals surface area contributed by atoms with Gasteiger partial charge in [-0.3, -0.25) is 19.2 Å². The Balaban J connectivity index is 1.49. The molecule has 0 aromatic rings. The highest BCUT2D eigenvalue weighted by Gasteiger charge is 2.68. The molecular weight excluding hydrogens is 440 g/mol. The lowest BCUT2D eigenvalue weighted by atomic mass is 9.46. The highest BCUT2D eigenvalue weighted by Crippen LogP contribution is 2.67. The van der Waals surface area contributed by atoms with E-state index in [1.54, 1.807) is 12.2 Å². The molecule has 0 aromatic carbocycles. The lowest BCUT2D eigenvalue weighted by Crippen LogP contribution is -2.61. The first kappa shape index (κ1) is 24.8. The van der Waals surface area contributed by atoms with Crippen molar-refractivity contribution in [2.75, 3.05) is 6.61 Å². The third-order valence-electron chi connectivity index (χ3n) is 9.24. The molecule has 0 spiro atoms. The third kappa shape index (κ3) is 3.85. The normalized spacial score (nSPS) is 40.6. The van der Waals surface area contributed by atoms with E-state index in [0.717, 1.165) is 18.4 Å². The largest absolute Gasteiger partial charge is 0.481 e. The maximum atomic E-state index is 13.1. The van der Waals surface area contributed by atoms with E-state index in [-0.39, 0.29) is 55.6 Å². The van der Waals surface area contributed by atoms with Gasteiger partial charge in [0.1, 0.15) is 5.60 Å². The summed E-state index contributed by atoms with van der Waals surface area (Å²) in [7, 11) is 0. The highest BCUT2D eigenvalue weighted by atomic mass is 16.5. The van der Waals surface area contributed by atoms with Crippen LogP contribution in [0.15, 0.2) is 23.8 Å². The summed E-state index contributed by atoms with van der Waals surface area (Å²) < 4.78 is 5.07. The van der Waals surface area contributed by atoms with Gasteiger partial charge in [-0.15, -0.1) is 0 Å². The maximum absolute atomic E-state index is 13.1. The summed E-state index contributed by atoms with van der Waals surface area (Å²) in [5.74, 6) is -2.26. The minimum atomic E-state index is -1.71. The topological polar surface area (TPSA) is 138 Å². The summed E-state index contributed by atoms with van der Waals surface area (Å²) >= 11 is 0. The molecule has 4 rings (SSSR count). The van der Waals surface area contributed by atoms with Gasteiger partial charge >= 0.3 is 11.9 Å². The van der Waals surface area contributed by atoms with Crippen molar-refractivity contribution >= 4 is 23.5 Å². The van der Waals surface area contributed by atoms with Gasteiger partial charge < -0.3 is 20.1 Å². The molecule has 3 fully saturated rings. The number of aliphatic hydroxyl groups excluding tert-OH is 1. The first-order valence-electron chi connectivity index (χ1n) is 12.2. The zero-order valence-electron chi connectivity index (χ0n) is 19.8. The van der Waals surface area contributed by atoms with Crippen LogP contribution in [0.5, 0.6) is 0 Å². The second kappa shape index (κ2) is 8.72. The van der Waals surface area contributed by atoms with Gasteiger partial charge in [0.15, 0.2) is 12.4 Å². The molecule has 0 unspecified atom stereocenters. The lowest BCUT2D eigenvalue weighted by molar-refractivity contribution is -0.181. The first-order chi connectivity index (χ1) is 15.9. The van der Waals surface area contributed by atoms with E-state index in [1.807, 2.05) is 13.0 Å². The van der Waals surface area contributed by atoms with Gasteiger partial charge in [-0.1, -0.05) is 25.5 Å². The average Bonchev–Trinajstić information content (AvgIpc) is 3.03. The van der Waals surface area contributed by atoms with Crippen LogP contribution in [0.4, 0.5) is 0 Å². The molecule has 3 N–H and O–H groups in total. The molecule has 4 aliphatic carbocycles. The van der Waals surface area contributed by atoms with E-state index in [0.29, 0.717) is 6.42 Å². The number of fused-ring (bicyclic) bond motifs is 5. The summed E-state index contributed by atoms with van der Waals surface area (Å²) in [4.78, 5) is 47.6. The second-order valence-corrected chi connectivity index (χ2v) is 10.9. The Morgan fingerprint density at radius 1 is 1.18 bits per heavy atom. The second-order valence-electron chi connectivity index (χ2n) is 10.9. The van der Waals surface area contributed by atoms with Gasteiger partial charge in [0.05, 0.1) is 6.10 Å². The van der Waals surface area contributed by atoms with Crippen LogP contribution in [-0.4, -0.2) is 57.1 Å². The number of allylic oxidation sites excluding steroid dienone is 4. The number of aliphatic carboxylic acids is 1. The lowest BCUT2D eigenvalue weighted by Gasteiger charge is -2.59. The summed E-state index contributed by atoms with van der Waals surface area (Å²) in [6.45, 7) is 3.37. The Morgan fingerprint density at radius 3 is 2.62 bits per heavy atom. The molecule has 34 heavy (non-hydrogen) atoms. The molecule has 0 aliphatic heterocycles. The monoisotopic (exact) mass is 474 g/mol.